The summed E-state index contributed by atoms with van der Waals surface area (Å²) >= 11 is 0. The van der Waals surface area contributed by atoms with E-state index in [1.54, 1.807) is 0 Å². The summed E-state index contributed by atoms with van der Waals surface area (Å²) in [6, 6.07) is 0.801. The molecule has 0 unspecified atom stereocenters. The molecular weight excluding hydrogens is 172 g/mol. The van der Waals surface area contributed by atoms with Crippen molar-refractivity contribution in [1.82, 2.24) is 10.2 Å². The van der Waals surface area contributed by atoms with Crippen LogP contribution in [0.2, 0.25) is 0 Å². The minimum Gasteiger partial charge on any atom is -0.313 e. The number of hydrogen-bond acceptors (Lipinski definition) is 2. The average molecular weight is 196 g/mol. The average Bonchev–Trinajstić information content (AvgIpc) is 2.98. The first-order valence-corrected chi connectivity index (χ1v) is 6.16. The Hall–Kier alpha value is -0.0800. The fraction of sp³-hybridized carbons (Fsp3) is 1.00. The fourth-order valence-corrected chi connectivity index (χ4v) is 2.41. The lowest BCUT2D eigenvalue weighted by molar-refractivity contribution is 0.227. The summed E-state index contributed by atoms with van der Waals surface area (Å²) < 4.78 is 0. The van der Waals surface area contributed by atoms with Crippen molar-refractivity contribution in [2.24, 2.45) is 5.41 Å². The Balaban J connectivity index is 1.66. The highest BCUT2D eigenvalue weighted by Gasteiger charge is 2.40. The first kappa shape index (κ1) is 10.4. The van der Waals surface area contributed by atoms with Crippen LogP contribution >= 0.6 is 0 Å². The van der Waals surface area contributed by atoms with Crippen LogP contribution in [0.4, 0.5) is 0 Å². The van der Waals surface area contributed by atoms with E-state index in [2.05, 4.69) is 24.2 Å². The van der Waals surface area contributed by atoms with Gasteiger partial charge in [0.25, 0.3) is 0 Å². The molecule has 0 bridgehead atoms. The molecule has 2 aliphatic rings. The van der Waals surface area contributed by atoms with Crippen molar-refractivity contribution < 1.29 is 0 Å². The zero-order chi connectivity index (χ0) is 10.0. The molecule has 2 nitrogen and oxygen atoms in total. The zero-order valence-corrected chi connectivity index (χ0v) is 9.68. The van der Waals surface area contributed by atoms with E-state index in [0.29, 0.717) is 5.41 Å². The highest BCUT2D eigenvalue weighted by atomic mass is 15.1. The quantitative estimate of drug-likeness (QED) is 0.738. The van der Waals surface area contributed by atoms with E-state index in [9.17, 15) is 0 Å². The van der Waals surface area contributed by atoms with Crippen LogP contribution in [-0.2, 0) is 0 Å². The highest BCUT2D eigenvalue weighted by molar-refractivity contribution is 4.94. The SMILES string of the molecule is CCC1(CNC2CCN(C)CC2)CC1. The van der Waals surface area contributed by atoms with E-state index in [0.717, 1.165) is 6.04 Å². The summed E-state index contributed by atoms with van der Waals surface area (Å²) in [5.41, 5.74) is 0.712. The van der Waals surface area contributed by atoms with E-state index >= 15 is 0 Å². The van der Waals surface area contributed by atoms with Gasteiger partial charge in [0, 0.05) is 12.6 Å². The molecule has 2 fully saturated rings. The fourth-order valence-electron chi connectivity index (χ4n) is 2.41. The van der Waals surface area contributed by atoms with Crippen LogP contribution in [0.3, 0.4) is 0 Å². The monoisotopic (exact) mass is 196 g/mol. The van der Waals surface area contributed by atoms with Gasteiger partial charge in [-0.05, 0) is 57.7 Å². The van der Waals surface area contributed by atoms with Crippen molar-refractivity contribution in [3.05, 3.63) is 0 Å². The Morgan fingerprint density at radius 3 is 2.43 bits per heavy atom. The van der Waals surface area contributed by atoms with Gasteiger partial charge in [0.1, 0.15) is 0 Å². The van der Waals surface area contributed by atoms with E-state index in [1.807, 2.05) is 0 Å². The standard InChI is InChI=1S/C12H24N2/c1-3-12(6-7-12)10-13-11-4-8-14(2)9-5-11/h11,13H,3-10H2,1-2H3. The van der Waals surface area contributed by atoms with E-state index in [-0.39, 0.29) is 0 Å². The molecule has 1 saturated heterocycles. The molecule has 1 aliphatic heterocycles. The van der Waals surface area contributed by atoms with Gasteiger partial charge in [-0.3, -0.25) is 0 Å². The predicted molar refractivity (Wildman–Crippen MR) is 60.5 cm³/mol. The summed E-state index contributed by atoms with van der Waals surface area (Å²) in [4.78, 5) is 2.44. The predicted octanol–water partition coefficient (Wildman–Crippen LogP) is 1.86. The maximum atomic E-state index is 3.77. The summed E-state index contributed by atoms with van der Waals surface area (Å²) in [6.07, 6.45) is 6.98. The molecule has 1 N–H and O–H groups in total. The molecule has 0 spiro atoms. The van der Waals surface area contributed by atoms with Crippen LogP contribution in [0.15, 0.2) is 0 Å². The van der Waals surface area contributed by atoms with Crippen molar-refractivity contribution in [2.45, 2.75) is 45.1 Å². The molecule has 0 atom stereocenters. The van der Waals surface area contributed by atoms with Crippen LogP contribution in [0.5, 0.6) is 0 Å². The van der Waals surface area contributed by atoms with Gasteiger partial charge in [-0.15, -0.1) is 0 Å². The zero-order valence-electron chi connectivity index (χ0n) is 9.68. The van der Waals surface area contributed by atoms with Gasteiger partial charge < -0.3 is 10.2 Å². The summed E-state index contributed by atoms with van der Waals surface area (Å²) in [5.74, 6) is 0. The van der Waals surface area contributed by atoms with Crippen molar-refractivity contribution in [2.75, 3.05) is 26.7 Å². The summed E-state index contributed by atoms with van der Waals surface area (Å²) in [5, 5.41) is 3.77. The van der Waals surface area contributed by atoms with Crippen molar-refractivity contribution in [3.8, 4) is 0 Å². The van der Waals surface area contributed by atoms with Crippen LogP contribution < -0.4 is 5.32 Å². The van der Waals surface area contributed by atoms with Crippen LogP contribution in [0, 0.1) is 5.41 Å². The van der Waals surface area contributed by atoms with Crippen LogP contribution in [0.25, 0.3) is 0 Å². The van der Waals surface area contributed by atoms with Gasteiger partial charge in [0.2, 0.25) is 0 Å². The third-order valence-corrected chi connectivity index (χ3v) is 4.19. The van der Waals surface area contributed by atoms with Gasteiger partial charge in [-0.2, -0.15) is 0 Å². The molecule has 0 aromatic rings. The molecule has 1 saturated carbocycles. The van der Waals surface area contributed by atoms with Crippen molar-refractivity contribution >= 4 is 0 Å². The van der Waals surface area contributed by atoms with Crippen molar-refractivity contribution in [1.29, 1.82) is 0 Å². The first-order valence-electron chi connectivity index (χ1n) is 6.16. The molecule has 1 heterocycles. The molecule has 0 aromatic carbocycles. The lowest BCUT2D eigenvalue weighted by atomic mass is 10.0. The van der Waals surface area contributed by atoms with Gasteiger partial charge in [0.15, 0.2) is 0 Å². The second-order valence-electron chi connectivity index (χ2n) is 5.31. The van der Waals surface area contributed by atoms with E-state index in [4.69, 9.17) is 0 Å². The number of piperidine rings is 1. The smallest absolute Gasteiger partial charge is 0.00916 e. The lowest BCUT2D eigenvalue weighted by Gasteiger charge is -2.30. The Bertz CT molecular complexity index is 179. The molecule has 14 heavy (non-hydrogen) atoms. The molecule has 2 heteroatoms. The number of nitrogens with one attached hydrogen (secondary N) is 1. The first-order chi connectivity index (χ1) is 6.74. The minimum atomic E-state index is 0.712. The minimum absolute atomic E-state index is 0.712. The molecule has 1 aliphatic carbocycles. The second kappa shape index (κ2) is 4.19. The number of hydrogen-bond donors (Lipinski definition) is 1. The normalized spacial score (nSPS) is 27.9. The van der Waals surface area contributed by atoms with Crippen LogP contribution in [-0.4, -0.2) is 37.6 Å². The molecule has 0 amide bonds. The third kappa shape index (κ3) is 2.48. The molecule has 82 valence electrons. The van der Waals surface area contributed by atoms with E-state index in [1.165, 1.54) is 51.7 Å². The van der Waals surface area contributed by atoms with Gasteiger partial charge in [-0.1, -0.05) is 6.92 Å². The lowest BCUT2D eigenvalue weighted by Crippen LogP contribution is -2.42. The van der Waals surface area contributed by atoms with Gasteiger partial charge in [0.05, 0.1) is 0 Å². The molecule has 2 rings (SSSR count). The Morgan fingerprint density at radius 2 is 1.93 bits per heavy atom. The Morgan fingerprint density at radius 1 is 1.29 bits per heavy atom. The van der Waals surface area contributed by atoms with Crippen LogP contribution in [0.1, 0.15) is 39.0 Å². The maximum absolute atomic E-state index is 3.77. The number of rotatable bonds is 4. The molecular formula is C12H24N2. The Kier molecular flexibility index (Phi) is 3.13. The third-order valence-electron chi connectivity index (χ3n) is 4.19. The molecule has 0 radical (unpaired) electrons. The topological polar surface area (TPSA) is 15.3 Å². The summed E-state index contributed by atoms with van der Waals surface area (Å²) in [7, 11) is 2.23. The molecule has 0 aromatic heterocycles. The van der Waals surface area contributed by atoms with Gasteiger partial charge in [-0.25, -0.2) is 0 Å². The van der Waals surface area contributed by atoms with E-state index < -0.39 is 0 Å². The van der Waals surface area contributed by atoms with Gasteiger partial charge >= 0.3 is 0 Å². The Labute approximate surface area is 88.1 Å². The number of likely N-dealkylation sites (tertiary alicyclic amines) is 1. The summed E-state index contributed by atoms with van der Waals surface area (Å²) in [6.45, 7) is 6.16. The van der Waals surface area contributed by atoms with Crippen molar-refractivity contribution in [3.63, 3.8) is 0 Å². The largest absolute Gasteiger partial charge is 0.313 e. The highest BCUT2D eigenvalue weighted by Crippen LogP contribution is 2.47. The maximum Gasteiger partial charge on any atom is 0.00916 e. The number of nitrogens with zero attached hydrogens (tertiary/aromatic N) is 1. The second-order valence-corrected chi connectivity index (χ2v) is 5.31.